The van der Waals surface area contributed by atoms with Gasteiger partial charge in [0.05, 0.1) is 5.75 Å². The second kappa shape index (κ2) is 11.4. The molecule has 1 N–H and O–H groups in total. The van der Waals surface area contributed by atoms with E-state index in [1.165, 1.54) is 17.3 Å². The van der Waals surface area contributed by atoms with Gasteiger partial charge in [0.1, 0.15) is 6.04 Å². The lowest BCUT2D eigenvalue weighted by Gasteiger charge is -2.29. The number of benzene rings is 2. The van der Waals surface area contributed by atoms with Gasteiger partial charge in [-0.2, -0.15) is 0 Å². The number of nitrogens with zero attached hydrogens (tertiary/aromatic N) is 1. The Kier molecular flexibility index (Phi) is 9.24. The molecule has 156 valence electrons. The van der Waals surface area contributed by atoms with Crippen LogP contribution in [0.2, 0.25) is 0 Å². The molecule has 0 bridgehead atoms. The number of amides is 2. The summed E-state index contributed by atoms with van der Waals surface area (Å²) in [5.41, 5.74) is 2.18. The van der Waals surface area contributed by atoms with Crippen LogP contribution in [0.1, 0.15) is 38.3 Å². The monoisotopic (exact) mass is 476 g/mol. The Labute approximate surface area is 186 Å². The van der Waals surface area contributed by atoms with Gasteiger partial charge < -0.3 is 10.2 Å². The van der Waals surface area contributed by atoms with E-state index in [-0.39, 0.29) is 17.9 Å². The van der Waals surface area contributed by atoms with Crippen molar-refractivity contribution in [3.05, 3.63) is 64.1 Å². The van der Waals surface area contributed by atoms with Crippen molar-refractivity contribution < 1.29 is 9.59 Å². The van der Waals surface area contributed by atoms with Crippen molar-refractivity contribution in [3.8, 4) is 0 Å². The summed E-state index contributed by atoms with van der Waals surface area (Å²) in [6.45, 7) is 8.23. The molecule has 0 heterocycles. The number of carbonyl (C=O) groups excluding carboxylic acids is 2. The maximum Gasteiger partial charge on any atom is 0.242 e. The minimum absolute atomic E-state index is 0.0507. The highest BCUT2D eigenvalue weighted by molar-refractivity contribution is 9.10. The van der Waals surface area contributed by atoms with E-state index in [4.69, 9.17) is 0 Å². The quantitative estimate of drug-likeness (QED) is 0.507. The van der Waals surface area contributed by atoms with Crippen molar-refractivity contribution in [2.75, 3.05) is 5.75 Å². The predicted molar refractivity (Wildman–Crippen MR) is 124 cm³/mol. The largest absolute Gasteiger partial charge is 0.352 e. The molecule has 0 aromatic heterocycles. The summed E-state index contributed by atoms with van der Waals surface area (Å²) in [6, 6.07) is 15.5. The van der Waals surface area contributed by atoms with Crippen LogP contribution in [0.15, 0.2) is 57.9 Å². The van der Waals surface area contributed by atoms with E-state index < -0.39 is 6.04 Å². The van der Waals surface area contributed by atoms with Gasteiger partial charge in [-0.1, -0.05) is 52.7 Å². The Morgan fingerprint density at radius 1 is 1.07 bits per heavy atom. The molecule has 0 radical (unpaired) electrons. The number of halogens is 1. The fourth-order valence-corrected chi connectivity index (χ4v) is 3.75. The summed E-state index contributed by atoms with van der Waals surface area (Å²) in [4.78, 5) is 28.5. The average molecular weight is 477 g/mol. The summed E-state index contributed by atoms with van der Waals surface area (Å²) < 4.78 is 0.983. The lowest BCUT2D eigenvalue weighted by Crippen LogP contribution is -2.50. The van der Waals surface area contributed by atoms with Gasteiger partial charge in [0.25, 0.3) is 0 Å². The molecule has 0 aliphatic heterocycles. The molecular formula is C23H29BrN2O2S. The third-order valence-electron chi connectivity index (χ3n) is 4.82. The topological polar surface area (TPSA) is 49.4 Å². The normalized spacial score (nSPS) is 12.9. The van der Waals surface area contributed by atoms with Gasteiger partial charge in [0, 0.05) is 22.0 Å². The van der Waals surface area contributed by atoms with Gasteiger partial charge in [-0.15, -0.1) is 11.8 Å². The lowest BCUT2D eigenvalue weighted by atomic mass is 10.1. The van der Waals surface area contributed by atoms with E-state index in [9.17, 15) is 9.59 Å². The second-order valence-electron chi connectivity index (χ2n) is 7.24. The zero-order valence-electron chi connectivity index (χ0n) is 17.4. The summed E-state index contributed by atoms with van der Waals surface area (Å²) in [5.74, 6) is 0.121. The van der Waals surface area contributed by atoms with Crippen molar-refractivity contribution in [1.82, 2.24) is 10.2 Å². The molecule has 2 aromatic carbocycles. The maximum absolute atomic E-state index is 13.1. The van der Waals surface area contributed by atoms with E-state index in [2.05, 4.69) is 21.2 Å². The van der Waals surface area contributed by atoms with Crippen LogP contribution < -0.4 is 5.32 Å². The van der Waals surface area contributed by atoms with Crippen molar-refractivity contribution in [2.24, 2.45) is 0 Å². The number of hydrogen-bond donors (Lipinski definition) is 1. The van der Waals surface area contributed by atoms with E-state index in [0.29, 0.717) is 12.3 Å². The molecule has 0 aliphatic rings. The highest BCUT2D eigenvalue weighted by Crippen LogP contribution is 2.21. The first-order chi connectivity index (χ1) is 13.8. The smallest absolute Gasteiger partial charge is 0.242 e. The van der Waals surface area contributed by atoms with Crippen molar-refractivity contribution in [3.63, 3.8) is 0 Å². The van der Waals surface area contributed by atoms with Gasteiger partial charge in [-0.05, 0) is 57.0 Å². The predicted octanol–water partition coefficient (Wildman–Crippen LogP) is 5.18. The number of nitrogens with one attached hydrogen (secondary N) is 1. The molecule has 0 unspecified atom stereocenters. The minimum atomic E-state index is -0.543. The summed E-state index contributed by atoms with van der Waals surface area (Å²) in [5, 5.41) is 2.99. The van der Waals surface area contributed by atoms with E-state index in [0.717, 1.165) is 21.4 Å². The van der Waals surface area contributed by atoms with Crippen LogP contribution in [0.3, 0.4) is 0 Å². The molecule has 2 aromatic rings. The van der Waals surface area contributed by atoms with Gasteiger partial charge in [-0.3, -0.25) is 9.59 Å². The Hall–Kier alpha value is -1.79. The SMILES string of the molecule is CC[C@@H](C)NC(=O)[C@H](C)N(Cc1ccc(Br)cc1)C(=O)CSc1ccc(C)cc1. The van der Waals surface area contributed by atoms with Crippen LogP contribution in [0.25, 0.3) is 0 Å². The highest BCUT2D eigenvalue weighted by atomic mass is 79.9. The highest BCUT2D eigenvalue weighted by Gasteiger charge is 2.26. The summed E-state index contributed by atoms with van der Waals surface area (Å²) in [7, 11) is 0. The van der Waals surface area contributed by atoms with Crippen molar-refractivity contribution in [2.45, 2.75) is 57.6 Å². The first kappa shape index (κ1) is 23.5. The third-order valence-corrected chi connectivity index (χ3v) is 6.34. The van der Waals surface area contributed by atoms with Crippen LogP contribution in [0.4, 0.5) is 0 Å². The average Bonchev–Trinajstić information content (AvgIpc) is 2.72. The van der Waals surface area contributed by atoms with Crippen LogP contribution >= 0.6 is 27.7 Å². The Morgan fingerprint density at radius 2 is 1.69 bits per heavy atom. The molecule has 4 nitrogen and oxygen atoms in total. The lowest BCUT2D eigenvalue weighted by molar-refractivity contribution is -0.138. The van der Waals surface area contributed by atoms with Crippen LogP contribution in [0.5, 0.6) is 0 Å². The standard InChI is InChI=1S/C23H29BrN2O2S/c1-5-17(3)25-23(28)18(4)26(14-19-8-10-20(24)11-9-19)22(27)15-29-21-12-6-16(2)7-13-21/h6-13,17-18H,5,14-15H2,1-4H3,(H,25,28)/t17-,18+/m1/s1. The Bertz CT molecular complexity index is 809. The fourth-order valence-electron chi connectivity index (χ4n) is 2.70. The molecule has 2 rings (SSSR count). The Morgan fingerprint density at radius 3 is 2.28 bits per heavy atom. The third kappa shape index (κ3) is 7.52. The number of hydrogen-bond acceptors (Lipinski definition) is 3. The molecule has 0 aliphatic carbocycles. The van der Waals surface area contributed by atoms with E-state index in [1.807, 2.05) is 69.3 Å². The number of thioether (sulfide) groups is 1. The molecule has 29 heavy (non-hydrogen) atoms. The van der Waals surface area contributed by atoms with E-state index >= 15 is 0 Å². The molecule has 2 amide bonds. The number of aryl methyl sites for hydroxylation is 1. The minimum Gasteiger partial charge on any atom is -0.352 e. The molecule has 0 saturated heterocycles. The zero-order chi connectivity index (χ0) is 21.4. The summed E-state index contributed by atoms with van der Waals surface area (Å²) >= 11 is 4.93. The molecule has 2 atom stereocenters. The molecule has 6 heteroatoms. The summed E-state index contributed by atoms with van der Waals surface area (Å²) in [6.07, 6.45) is 0.850. The molecular weight excluding hydrogens is 448 g/mol. The van der Waals surface area contributed by atoms with Crippen LogP contribution in [0, 0.1) is 6.92 Å². The molecule has 0 spiro atoms. The first-order valence-corrected chi connectivity index (χ1v) is 11.6. The number of rotatable bonds is 9. The van der Waals surface area contributed by atoms with Crippen LogP contribution in [-0.2, 0) is 16.1 Å². The molecule has 0 fully saturated rings. The van der Waals surface area contributed by atoms with Gasteiger partial charge in [-0.25, -0.2) is 0 Å². The fraction of sp³-hybridized carbons (Fsp3) is 0.391. The van der Waals surface area contributed by atoms with Crippen molar-refractivity contribution >= 4 is 39.5 Å². The first-order valence-electron chi connectivity index (χ1n) is 9.84. The Balaban J connectivity index is 2.13. The van der Waals surface area contributed by atoms with Gasteiger partial charge in [0.15, 0.2) is 0 Å². The molecule has 0 saturated carbocycles. The van der Waals surface area contributed by atoms with Gasteiger partial charge >= 0.3 is 0 Å². The maximum atomic E-state index is 13.1. The van der Waals surface area contributed by atoms with Crippen molar-refractivity contribution in [1.29, 1.82) is 0 Å². The van der Waals surface area contributed by atoms with Crippen LogP contribution in [-0.4, -0.2) is 34.6 Å². The zero-order valence-corrected chi connectivity index (χ0v) is 19.8. The van der Waals surface area contributed by atoms with E-state index in [1.54, 1.807) is 11.8 Å². The van der Waals surface area contributed by atoms with Gasteiger partial charge in [0.2, 0.25) is 11.8 Å². The second-order valence-corrected chi connectivity index (χ2v) is 9.21. The number of carbonyl (C=O) groups is 2.